The molecule has 0 spiro atoms. The van der Waals surface area contributed by atoms with E-state index in [-0.39, 0.29) is 30.4 Å². The molecule has 4 rings (SSSR count). The average Bonchev–Trinajstić information content (AvgIpc) is 3.35. The van der Waals surface area contributed by atoms with Crippen molar-refractivity contribution in [3.8, 4) is 0 Å². The highest BCUT2D eigenvalue weighted by Gasteiger charge is 2.48. The fraction of sp³-hybridized carbons (Fsp3) is 0.346. The molecular formula is C26H31F2N7O4S. The largest absolute Gasteiger partial charge is 0.378 e. The molecule has 3 aromatic rings. The molecule has 40 heavy (non-hydrogen) atoms. The van der Waals surface area contributed by atoms with E-state index in [9.17, 15) is 26.8 Å². The van der Waals surface area contributed by atoms with E-state index in [0.29, 0.717) is 23.0 Å². The maximum atomic E-state index is 13.8. The van der Waals surface area contributed by atoms with Crippen molar-refractivity contribution in [2.75, 3.05) is 50.3 Å². The van der Waals surface area contributed by atoms with E-state index in [1.165, 1.54) is 0 Å². The summed E-state index contributed by atoms with van der Waals surface area (Å²) in [5.41, 5.74) is 0.874. The molecule has 0 saturated heterocycles. The Kier molecular flexibility index (Phi) is 7.71. The van der Waals surface area contributed by atoms with E-state index in [2.05, 4.69) is 20.8 Å². The Morgan fingerprint density at radius 2 is 1.70 bits per heavy atom. The molecule has 2 amide bonds. The third-order valence-electron chi connectivity index (χ3n) is 6.56. The Morgan fingerprint density at radius 1 is 1.05 bits per heavy atom. The number of benzene rings is 2. The van der Waals surface area contributed by atoms with Crippen LogP contribution < -0.4 is 15.5 Å². The minimum Gasteiger partial charge on any atom is -0.378 e. The number of carbonyl (C=O) groups excluding carboxylic acids is 2. The van der Waals surface area contributed by atoms with Gasteiger partial charge in [0.25, 0.3) is 5.91 Å². The number of carbonyl (C=O) groups is 2. The summed E-state index contributed by atoms with van der Waals surface area (Å²) in [5.74, 6) is -2.83. The predicted octanol–water partition coefficient (Wildman–Crippen LogP) is 2.95. The fourth-order valence-electron chi connectivity index (χ4n) is 4.55. The number of rotatable bonds is 8. The molecule has 2 heterocycles. The van der Waals surface area contributed by atoms with Gasteiger partial charge in [0.1, 0.15) is 11.6 Å². The molecule has 3 N–H and O–H groups in total. The lowest BCUT2D eigenvalue weighted by atomic mass is 10.0. The van der Waals surface area contributed by atoms with E-state index in [4.69, 9.17) is 0 Å². The number of halogens is 2. The van der Waals surface area contributed by atoms with E-state index in [1.807, 2.05) is 19.0 Å². The maximum Gasteiger partial charge on any atom is 0.258 e. The summed E-state index contributed by atoms with van der Waals surface area (Å²) < 4.78 is 55.6. The van der Waals surface area contributed by atoms with Crippen LogP contribution >= 0.6 is 0 Å². The van der Waals surface area contributed by atoms with Crippen LogP contribution in [-0.4, -0.2) is 74.4 Å². The Balaban J connectivity index is 1.64. The van der Waals surface area contributed by atoms with E-state index < -0.39 is 38.0 Å². The lowest BCUT2D eigenvalue weighted by molar-refractivity contribution is -0.116. The van der Waals surface area contributed by atoms with Gasteiger partial charge in [0, 0.05) is 38.0 Å². The van der Waals surface area contributed by atoms with Crippen LogP contribution in [0.3, 0.4) is 0 Å². The van der Waals surface area contributed by atoms with Crippen molar-refractivity contribution >= 4 is 39.0 Å². The molecule has 2 aromatic carbocycles. The number of hydrogen-bond donors (Lipinski definition) is 3. The standard InChI is InChI=1S/C26H31F2N7O4S/c1-26(2)23-20(13-35(26)40(38,39)18-10-15(27)9-16(28)11-18)24(32-31-23)30-25(37)19-8-7-17(34(5)6)12-21(19)29-22(36)14-33(3)4/h7-12H,13-14H2,1-6H3,(H,29,36)(H2,30,31,32,37). The van der Waals surface area contributed by atoms with Crippen LogP contribution in [0.5, 0.6) is 0 Å². The summed E-state index contributed by atoms with van der Waals surface area (Å²) in [6, 6.07) is 7.07. The van der Waals surface area contributed by atoms with Crippen LogP contribution in [0, 0.1) is 11.6 Å². The number of sulfonamides is 1. The fourth-order valence-corrected chi connectivity index (χ4v) is 6.32. The molecule has 0 bridgehead atoms. The van der Waals surface area contributed by atoms with E-state index in [0.717, 1.165) is 22.1 Å². The summed E-state index contributed by atoms with van der Waals surface area (Å²) in [7, 11) is 2.82. The zero-order chi connectivity index (χ0) is 29.6. The van der Waals surface area contributed by atoms with Gasteiger partial charge in [0.2, 0.25) is 15.9 Å². The third-order valence-corrected chi connectivity index (χ3v) is 8.56. The van der Waals surface area contributed by atoms with Gasteiger partial charge < -0.3 is 20.4 Å². The normalized spacial score (nSPS) is 14.7. The zero-order valence-corrected chi connectivity index (χ0v) is 23.8. The van der Waals surface area contributed by atoms with Crippen LogP contribution in [0.1, 0.15) is 35.5 Å². The second kappa shape index (κ2) is 10.6. The molecule has 0 saturated carbocycles. The lowest BCUT2D eigenvalue weighted by Crippen LogP contribution is -2.40. The summed E-state index contributed by atoms with van der Waals surface area (Å²) >= 11 is 0. The summed E-state index contributed by atoms with van der Waals surface area (Å²) in [4.78, 5) is 28.9. The Labute approximate surface area is 231 Å². The third kappa shape index (κ3) is 5.55. The van der Waals surface area contributed by atoms with E-state index >= 15 is 0 Å². The first-order valence-corrected chi connectivity index (χ1v) is 13.7. The number of anilines is 3. The van der Waals surface area contributed by atoms with Gasteiger partial charge in [-0.25, -0.2) is 17.2 Å². The number of likely N-dealkylation sites (N-methyl/N-ethyl adjacent to an activating group) is 1. The highest BCUT2D eigenvalue weighted by Crippen LogP contribution is 2.44. The van der Waals surface area contributed by atoms with Gasteiger partial charge in [-0.1, -0.05) is 0 Å². The first kappa shape index (κ1) is 29.1. The monoisotopic (exact) mass is 575 g/mol. The van der Waals surface area contributed by atoms with Gasteiger partial charge in [-0.2, -0.15) is 9.40 Å². The molecule has 1 aromatic heterocycles. The van der Waals surface area contributed by atoms with Crippen molar-refractivity contribution in [3.63, 3.8) is 0 Å². The first-order valence-electron chi connectivity index (χ1n) is 12.2. The van der Waals surface area contributed by atoms with Gasteiger partial charge in [-0.15, -0.1) is 0 Å². The number of aromatic amines is 1. The van der Waals surface area contributed by atoms with Crippen LogP contribution in [-0.2, 0) is 26.9 Å². The number of H-pyrrole nitrogens is 1. The zero-order valence-electron chi connectivity index (χ0n) is 23.0. The van der Waals surface area contributed by atoms with Crippen molar-refractivity contribution < 1.29 is 26.8 Å². The van der Waals surface area contributed by atoms with Gasteiger partial charge in [0.15, 0.2) is 5.82 Å². The summed E-state index contributed by atoms with van der Waals surface area (Å²) in [6.07, 6.45) is 0. The van der Waals surface area contributed by atoms with Gasteiger partial charge in [0.05, 0.1) is 33.9 Å². The first-order chi connectivity index (χ1) is 18.6. The number of fused-ring (bicyclic) bond motifs is 1. The molecule has 0 aliphatic carbocycles. The highest BCUT2D eigenvalue weighted by atomic mass is 32.2. The molecular weight excluding hydrogens is 544 g/mol. The molecule has 1 aliphatic rings. The number of aromatic nitrogens is 2. The van der Waals surface area contributed by atoms with Gasteiger partial charge in [-0.05, 0) is 58.3 Å². The molecule has 0 radical (unpaired) electrons. The average molecular weight is 576 g/mol. The molecule has 214 valence electrons. The van der Waals surface area contributed by atoms with Crippen molar-refractivity contribution in [1.82, 2.24) is 19.4 Å². The minimum atomic E-state index is -4.33. The molecule has 11 nitrogen and oxygen atoms in total. The van der Waals surface area contributed by atoms with Crippen LogP contribution in [0.15, 0.2) is 41.3 Å². The van der Waals surface area contributed by atoms with Crippen molar-refractivity contribution in [3.05, 3.63) is 64.9 Å². The topological polar surface area (TPSA) is 131 Å². The lowest BCUT2D eigenvalue weighted by Gasteiger charge is -2.30. The molecule has 0 fully saturated rings. The number of nitrogens with one attached hydrogen (secondary N) is 3. The summed E-state index contributed by atoms with van der Waals surface area (Å²) in [5, 5.41) is 12.5. The molecule has 14 heteroatoms. The predicted molar refractivity (Wildman–Crippen MR) is 147 cm³/mol. The number of nitrogens with zero attached hydrogens (tertiary/aromatic N) is 4. The van der Waals surface area contributed by atoms with Crippen LogP contribution in [0.2, 0.25) is 0 Å². The summed E-state index contributed by atoms with van der Waals surface area (Å²) in [6.45, 7) is 3.14. The Morgan fingerprint density at radius 3 is 2.30 bits per heavy atom. The van der Waals surface area contributed by atoms with E-state index in [1.54, 1.807) is 51.0 Å². The molecule has 0 atom stereocenters. The minimum absolute atomic E-state index is 0.0958. The quantitative estimate of drug-likeness (QED) is 0.377. The van der Waals surface area contributed by atoms with Crippen molar-refractivity contribution in [1.29, 1.82) is 0 Å². The highest BCUT2D eigenvalue weighted by molar-refractivity contribution is 7.89. The van der Waals surface area contributed by atoms with Gasteiger partial charge in [-0.3, -0.25) is 14.7 Å². The smallest absolute Gasteiger partial charge is 0.258 e. The Hall–Kier alpha value is -3.88. The van der Waals surface area contributed by atoms with Crippen molar-refractivity contribution in [2.24, 2.45) is 0 Å². The van der Waals surface area contributed by atoms with Crippen LogP contribution in [0.25, 0.3) is 0 Å². The molecule has 0 unspecified atom stereocenters. The van der Waals surface area contributed by atoms with Crippen molar-refractivity contribution in [2.45, 2.75) is 30.8 Å². The number of amides is 2. The van der Waals surface area contributed by atoms with Crippen LogP contribution in [0.4, 0.5) is 26.0 Å². The second-order valence-corrected chi connectivity index (χ2v) is 12.3. The Bertz CT molecular complexity index is 1570. The molecule has 1 aliphatic heterocycles. The van der Waals surface area contributed by atoms with Gasteiger partial charge >= 0.3 is 0 Å². The number of hydrogen-bond acceptors (Lipinski definition) is 7. The SMILES string of the molecule is CN(C)CC(=O)Nc1cc(N(C)C)ccc1C(=O)Nc1n[nH]c2c1CN(S(=O)(=O)c1cc(F)cc(F)c1)C2(C)C. The maximum absolute atomic E-state index is 13.8. The second-order valence-electron chi connectivity index (χ2n) is 10.5.